The first-order valence-corrected chi connectivity index (χ1v) is 3.41. The summed E-state index contributed by atoms with van der Waals surface area (Å²) in [5.74, 6) is 0.642. The van der Waals surface area contributed by atoms with E-state index in [0.29, 0.717) is 5.82 Å². The van der Waals surface area contributed by atoms with Crippen LogP contribution < -0.4 is 0 Å². The molecule has 0 atom stereocenters. The largest absolute Gasteiger partial charge is 0.358 e. The Hall–Kier alpha value is -1.10. The van der Waals surface area contributed by atoms with Crippen LogP contribution in [0.2, 0.25) is 0 Å². The molecule has 0 saturated heterocycles. The van der Waals surface area contributed by atoms with E-state index in [1.165, 1.54) is 10.8 Å². The number of alkyl halides is 1. The van der Waals surface area contributed by atoms with Crippen LogP contribution in [-0.4, -0.2) is 14.5 Å². The molecule has 1 heterocycles. The Labute approximate surface area is 67.8 Å². The molecule has 5 nitrogen and oxygen atoms in total. The molecule has 0 unspecified atom stereocenters. The van der Waals surface area contributed by atoms with Crippen molar-refractivity contribution < 1.29 is 4.92 Å². The topological polar surface area (TPSA) is 61.0 Å². The van der Waals surface area contributed by atoms with Crippen molar-refractivity contribution in [2.45, 2.75) is 5.88 Å². The van der Waals surface area contributed by atoms with Gasteiger partial charge in [0, 0.05) is 0 Å². The van der Waals surface area contributed by atoms with Crippen molar-refractivity contribution in [1.82, 2.24) is 9.55 Å². The van der Waals surface area contributed by atoms with Gasteiger partial charge in [0.05, 0.1) is 7.05 Å². The fourth-order valence-electron chi connectivity index (χ4n) is 0.731. The lowest BCUT2D eigenvalue weighted by Gasteiger charge is -1.93. The molecule has 60 valence electrons. The monoisotopic (exact) mass is 175 g/mol. The van der Waals surface area contributed by atoms with Gasteiger partial charge in [-0.1, -0.05) is 0 Å². The van der Waals surface area contributed by atoms with Crippen LogP contribution in [0.25, 0.3) is 0 Å². The van der Waals surface area contributed by atoms with Crippen molar-refractivity contribution in [2.24, 2.45) is 7.05 Å². The first kappa shape index (κ1) is 8.00. The maximum Gasteiger partial charge on any atom is 0.342 e. The predicted octanol–water partition coefficient (Wildman–Crippen LogP) is 1.07. The molecular formula is C5H6ClN3O2. The number of imidazole rings is 1. The fourth-order valence-corrected chi connectivity index (χ4v) is 0.980. The van der Waals surface area contributed by atoms with Gasteiger partial charge in [-0.3, -0.25) is 0 Å². The molecule has 0 bridgehead atoms. The van der Waals surface area contributed by atoms with Crippen LogP contribution in [0.4, 0.5) is 5.82 Å². The Morgan fingerprint density at radius 1 is 1.91 bits per heavy atom. The second kappa shape index (κ2) is 2.87. The van der Waals surface area contributed by atoms with Gasteiger partial charge in [0.2, 0.25) is 5.82 Å². The second-order valence-electron chi connectivity index (χ2n) is 1.98. The highest BCUT2D eigenvalue weighted by Gasteiger charge is 2.14. The van der Waals surface area contributed by atoms with Crippen molar-refractivity contribution in [1.29, 1.82) is 0 Å². The normalized spacial score (nSPS) is 10.0. The standard InChI is InChI=1S/C5H6ClN3O2/c1-8-4(2-6)7-3-5(8)9(10)11/h3H,2H2,1H3. The van der Waals surface area contributed by atoms with Gasteiger partial charge in [-0.15, -0.1) is 11.6 Å². The van der Waals surface area contributed by atoms with Gasteiger partial charge >= 0.3 is 5.82 Å². The zero-order valence-electron chi connectivity index (χ0n) is 5.82. The molecule has 0 N–H and O–H groups in total. The van der Waals surface area contributed by atoms with Gasteiger partial charge in [0.1, 0.15) is 12.1 Å². The van der Waals surface area contributed by atoms with E-state index < -0.39 is 4.92 Å². The Balaban J connectivity index is 3.10. The summed E-state index contributed by atoms with van der Waals surface area (Å²) in [6.45, 7) is 0. The minimum atomic E-state index is -0.497. The van der Waals surface area contributed by atoms with Crippen LogP contribution >= 0.6 is 11.6 Å². The molecule has 0 amide bonds. The maximum atomic E-state index is 10.3. The molecule has 0 aliphatic heterocycles. The molecule has 11 heavy (non-hydrogen) atoms. The molecule has 1 aromatic heterocycles. The molecule has 0 aliphatic rings. The van der Waals surface area contributed by atoms with Crippen molar-refractivity contribution in [3.8, 4) is 0 Å². The zero-order valence-corrected chi connectivity index (χ0v) is 6.58. The van der Waals surface area contributed by atoms with E-state index >= 15 is 0 Å². The SMILES string of the molecule is Cn1c([N+](=O)[O-])cnc1CCl. The first-order valence-electron chi connectivity index (χ1n) is 2.87. The molecule has 0 radical (unpaired) electrons. The van der Waals surface area contributed by atoms with Gasteiger partial charge < -0.3 is 10.1 Å². The second-order valence-corrected chi connectivity index (χ2v) is 2.25. The molecule has 0 aromatic carbocycles. The van der Waals surface area contributed by atoms with E-state index in [-0.39, 0.29) is 11.7 Å². The van der Waals surface area contributed by atoms with E-state index in [9.17, 15) is 10.1 Å². The highest BCUT2D eigenvalue weighted by Crippen LogP contribution is 2.12. The number of hydrogen-bond acceptors (Lipinski definition) is 3. The number of hydrogen-bond donors (Lipinski definition) is 0. The van der Waals surface area contributed by atoms with Crippen molar-refractivity contribution >= 4 is 17.4 Å². The van der Waals surface area contributed by atoms with Gasteiger partial charge in [0.15, 0.2) is 0 Å². The molecule has 0 saturated carbocycles. The molecule has 0 aliphatic carbocycles. The first-order chi connectivity index (χ1) is 5.16. The minimum absolute atomic E-state index is 0.0411. The van der Waals surface area contributed by atoms with Gasteiger partial charge in [0.25, 0.3) is 0 Å². The lowest BCUT2D eigenvalue weighted by Crippen LogP contribution is -1.99. The summed E-state index contributed by atoms with van der Waals surface area (Å²) in [5.41, 5.74) is 0. The number of rotatable bonds is 2. The molecule has 0 fully saturated rings. The lowest BCUT2D eigenvalue weighted by atomic mass is 10.7. The van der Waals surface area contributed by atoms with Crippen LogP contribution in [0, 0.1) is 10.1 Å². The molecule has 1 rings (SSSR count). The third-order valence-electron chi connectivity index (χ3n) is 1.37. The molecule has 6 heteroatoms. The summed E-state index contributed by atoms with van der Waals surface area (Å²) in [7, 11) is 1.56. The molecule has 1 aromatic rings. The third-order valence-corrected chi connectivity index (χ3v) is 1.61. The van der Waals surface area contributed by atoms with E-state index in [4.69, 9.17) is 11.6 Å². The van der Waals surface area contributed by atoms with Crippen LogP contribution in [0.15, 0.2) is 6.20 Å². The van der Waals surface area contributed by atoms with Crippen LogP contribution in [0.5, 0.6) is 0 Å². The van der Waals surface area contributed by atoms with Gasteiger partial charge in [-0.2, -0.15) is 0 Å². The molecule has 0 spiro atoms. The number of halogens is 1. The fraction of sp³-hybridized carbons (Fsp3) is 0.400. The van der Waals surface area contributed by atoms with Crippen LogP contribution in [-0.2, 0) is 12.9 Å². The third kappa shape index (κ3) is 1.32. The van der Waals surface area contributed by atoms with Crippen molar-refractivity contribution in [3.63, 3.8) is 0 Å². The summed E-state index contributed by atoms with van der Waals surface area (Å²) in [5, 5.41) is 10.3. The van der Waals surface area contributed by atoms with E-state index in [2.05, 4.69) is 4.98 Å². The Kier molecular flexibility index (Phi) is 2.09. The highest BCUT2D eigenvalue weighted by atomic mass is 35.5. The zero-order chi connectivity index (χ0) is 8.43. The minimum Gasteiger partial charge on any atom is -0.358 e. The quantitative estimate of drug-likeness (QED) is 0.384. The summed E-state index contributed by atoms with van der Waals surface area (Å²) < 4.78 is 1.35. The van der Waals surface area contributed by atoms with Gasteiger partial charge in [-0.25, -0.2) is 9.55 Å². The summed E-state index contributed by atoms with van der Waals surface area (Å²) in [4.78, 5) is 13.5. The van der Waals surface area contributed by atoms with Crippen molar-refractivity contribution in [2.75, 3.05) is 0 Å². The Morgan fingerprint density at radius 3 is 2.82 bits per heavy atom. The summed E-state index contributed by atoms with van der Waals surface area (Å²) in [6, 6.07) is 0. The maximum absolute atomic E-state index is 10.3. The van der Waals surface area contributed by atoms with Gasteiger partial charge in [-0.05, 0) is 4.92 Å². The summed E-state index contributed by atoms with van der Waals surface area (Å²) >= 11 is 5.44. The predicted molar refractivity (Wildman–Crippen MR) is 39.4 cm³/mol. The molecular weight excluding hydrogens is 170 g/mol. The average Bonchev–Trinajstić information content (AvgIpc) is 2.30. The number of nitrogens with zero attached hydrogens (tertiary/aromatic N) is 3. The number of nitro groups is 1. The number of aromatic nitrogens is 2. The smallest absolute Gasteiger partial charge is 0.342 e. The van der Waals surface area contributed by atoms with E-state index in [1.807, 2.05) is 0 Å². The highest BCUT2D eigenvalue weighted by molar-refractivity contribution is 6.16. The lowest BCUT2D eigenvalue weighted by molar-refractivity contribution is -0.391. The van der Waals surface area contributed by atoms with Crippen LogP contribution in [0.3, 0.4) is 0 Å². The van der Waals surface area contributed by atoms with Crippen LogP contribution in [0.1, 0.15) is 5.82 Å². The van der Waals surface area contributed by atoms with E-state index in [1.54, 1.807) is 7.05 Å². The van der Waals surface area contributed by atoms with E-state index in [0.717, 1.165) is 0 Å². The summed E-state index contributed by atoms with van der Waals surface area (Å²) in [6.07, 6.45) is 1.19. The Bertz CT molecular complexity index is 283. The Morgan fingerprint density at radius 2 is 2.55 bits per heavy atom. The average molecular weight is 176 g/mol. The van der Waals surface area contributed by atoms with Crippen molar-refractivity contribution in [3.05, 3.63) is 22.1 Å².